The van der Waals surface area contributed by atoms with Gasteiger partial charge in [-0.1, -0.05) is 13.0 Å². The van der Waals surface area contributed by atoms with Crippen molar-refractivity contribution in [2.24, 2.45) is 0 Å². The van der Waals surface area contributed by atoms with Crippen molar-refractivity contribution in [3.63, 3.8) is 0 Å². The highest BCUT2D eigenvalue weighted by molar-refractivity contribution is 5.45. The Balaban J connectivity index is 3.33. The molecule has 0 spiro atoms. The van der Waals surface area contributed by atoms with Crippen molar-refractivity contribution in [3.05, 3.63) is 33.9 Å². The van der Waals surface area contributed by atoms with Crippen LogP contribution in [-0.4, -0.2) is 11.7 Å². The van der Waals surface area contributed by atoms with Gasteiger partial charge in [0, 0.05) is 12.5 Å². The molecule has 0 heterocycles. The van der Waals surface area contributed by atoms with Crippen LogP contribution in [0, 0.1) is 27.7 Å². The van der Waals surface area contributed by atoms with Crippen LogP contribution < -0.4 is 0 Å². The monoisotopic (exact) mass is 192 g/mol. The Morgan fingerprint density at radius 2 is 1.64 bits per heavy atom. The molecule has 1 aromatic carbocycles. The summed E-state index contributed by atoms with van der Waals surface area (Å²) in [4.78, 5) is 0. The Kier molecular flexibility index (Phi) is 3.33. The van der Waals surface area contributed by atoms with Gasteiger partial charge in [0.15, 0.2) is 0 Å². The van der Waals surface area contributed by atoms with Gasteiger partial charge in [0.25, 0.3) is 0 Å². The van der Waals surface area contributed by atoms with Crippen LogP contribution in [0.25, 0.3) is 0 Å². The second kappa shape index (κ2) is 4.14. The van der Waals surface area contributed by atoms with E-state index < -0.39 is 0 Å². The van der Waals surface area contributed by atoms with Crippen molar-refractivity contribution in [2.75, 3.05) is 6.61 Å². The van der Waals surface area contributed by atoms with E-state index in [1.165, 1.54) is 27.8 Å². The Morgan fingerprint density at radius 1 is 1.07 bits per heavy atom. The van der Waals surface area contributed by atoms with E-state index in [1.807, 2.05) is 0 Å². The van der Waals surface area contributed by atoms with E-state index in [9.17, 15) is 0 Å². The van der Waals surface area contributed by atoms with Gasteiger partial charge < -0.3 is 5.11 Å². The maximum atomic E-state index is 9.16. The van der Waals surface area contributed by atoms with Crippen LogP contribution in [-0.2, 0) is 0 Å². The molecule has 1 nitrogen and oxygen atoms in total. The van der Waals surface area contributed by atoms with Crippen LogP contribution in [0.5, 0.6) is 0 Å². The zero-order chi connectivity index (χ0) is 10.9. The topological polar surface area (TPSA) is 20.2 Å². The molecule has 0 aliphatic heterocycles. The van der Waals surface area contributed by atoms with Crippen molar-refractivity contribution in [2.45, 2.75) is 40.5 Å². The van der Waals surface area contributed by atoms with Crippen LogP contribution in [0.4, 0.5) is 0 Å². The highest BCUT2D eigenvalue weighted by atomic mass is 16.3. The molecule has 1 rings (SSSR count). The summed E-state index contributed by atoms with van der Waals surface area (Å²) in [5.74, 6) is 0.244. The van der Waals surface area contributed by atoms with Gasteiger partial charge in [-0.05, 0) is 55.5 Å². The molecule has 1 N–H and O–H groups in total. The molecule has 14 heavy (non-hydrogen) atoms. The third-order valence-electron chi connectivity index (χ3n) is 3.33. The van der Waals surface area contributed by atoms with Gasteiger partial charge in [-0.25, -0.2) is 0 Å². The number of benzene rings is 1. The Hall–Kier alpha value is -0.820. The number of aliphatic hydroxyl groups excluding tert-OH is 1. The molecule has 0 aliphatic carbocycles. The zero-order valence-corrected chi connectivity index (χ0v) is 9.81. The van der Waals surface area contributed by atoms with Gasteiger partial charge in [0.2, 0.25) is 0 Å². The lowest BCUT2D eigenvalue weighted by Gasteiger charge is -2.17. The van der Waals surface area contributed by atoms with E-state index in [0.717, 1.165) is 0 Å². The van der Waals surface area contributed by atoms with E-state index in [1.54, 1.807) is 0 Å². The van der Waals surface area contributed by atoms with Gasteiger partial charge in [0.1, 0.15) is 0 Å². The molecule has 0 radical (unpaired) electrons. The van der Waals surface area contributed by atoms with Crippen LogP contribution in [0.1, 0.15) is 40.7 Å². The summed E-state index contributed by atoms with van der Waals surface area (Å²) in [6.45, 7) is 10.9. The lowest BCUT2D eigenvalue weighted by Crippen LogP contribution is -2.05. The van der Waals surface area contributed by atoms with Gasteiger partial charge >= 0.3 is 0 Å². The van der Waals surface area contributed by atoms with E-state index in [4.69, 9.17) is 5.11 Å². The van der Waals surface area contributed by atoms with Crippen molar-refractivity contribution in [3.8, 4) is 0 Å². The standard InChI is InChI=1S/C13H20O/c1-8-6-13(9(2)7-14)12(5)11(4)10(8)3/h6,9,14H,7H2,1-5H3. The summed E-state index contributed by atoms with van der Waals surface area (Å²) in [7, 11) is 0. The third-order valence-corrected chi connectivity index (χ3v) is 3.33. The first-order valence-electron chi connectivity index (χ1n) is 5.17. The fraction of sp³-hybridized carbons (Fsp3) is 0.538. The predicted octanol–water partition coefficient (Wildman–Crippen LogP) is 3.02. The summed E-state index contributed by atoms with van der Waals surface area (Å²) in [6, 6.07) is 2.21. The number of hydrogen-bond acceptors (Lipinski definition) is 1. The third kappa shape index (κ3) is 1.83. The molecule has 78 valence electrons. The summed E-state index contributed by atoms with van der Waals surface area (Å²) >= 11 is 0. The highest BCUT2D eigenvalue weighted by Gasteiger charge is 2.11. The smallest absolute Gasteiger partial charge is 0.0497 e. The van der Waals surface area contributed by atoms with E-state index in [-0.39, 0.29) is 12.5 Å². The fourth-order valence-electron chi connectivity index (χ4n) is 1.85. The largest absolute Gasteiger partial charge is 0.396 e. The molecule has 0 saturated heterocycles. The predicted molar refractivity (Wildman–Crippen MR) is 60.9 cm³/mol. The first kappa shape index (κ1) is 11.3. The van der Waals surface area contributed by atoms with Crippen LogP contribution >= 0.6 is 0 Å². The van der Waals surface area contributed by atoms with Crippen molar-refractivity contribution >= 4 is 0 Å². The number of rotatable bonds is 2. The first-order chi connectivity index (χ1) is 6.49. The van der Waals surface area contributed by atoms with E-state index in [0.29, 0.717) is 0 Å². The minimum Gasteiger partial charge on any atom is -0.396 e. The summed E-state index contributed by atoms with van der Waals surface area (Å²) in [6.07, 6.45) is 0. The molecule has 1 heteroatoms. The fourth-order valence-corrected chi connectivity index (χ4v) is 1.85. The minimum absolute atomic E-state index is 0.225. The number of aryl methyl sites for hydroxylation is 1. The van der Waals surface area contributed by atoms with Crippen molar-refractivity contribution < 1.29 is 5.11 Å². The Morgan fingerprint density at radius 3 is 2.14 bits per heavy atom. The van der Waals surface area contributed by atoms with Gasteiger partial charge in [-0.3, -0.25) is 0 Å². The lowest BCUT2D eigenvalue weighted by molar-refractivity contribution is 0.272. The molecule has 1 aromatic rings. The molecule has 0 aromatic heterocycles. The Labute approximate surface area is 86.8 Å². The van der Waals surface area contributed by atoms with Crippen molar-refractivity contribution in [1.82, 2.24) is 0 Å². The maximum Gasteiger partial charge on any atom is 0.0497 e. The van der Waals surface area contributed by atoms with Crippen molar-refractivity contribution in [1.29, 1.82) is 0 Å². The zero-order valence-electron chi connectivity index (χ0n) is 9.81. The molecule has 0 amide bonds. The number of hydrogen-bond donors (Lipinski definition) is 1. The van der Waals surface area contributed by atoms with Crippen LogP contribution in [0.2, 0.25) is 0 Å². The molecule has 1 unspecified atom stereocenters. The second-order valence-electron chi connectivity index (χ2n) is 4.24. The average molecular weight is 192 g/mol. The Bertz CT molecular complexity index is 340. The van der Waals surface area contributed by atoms with Crippen LogP contribution in [0.3, 0.4) is 0 Å². The van der Waals surface area contributed by atoms with E-state index in [2.05, 4.69) is 40.7 Å². The quantitative estimate of drug-likeness (QED) is 0.763. The molecule has 1 atom stereocenters. The van der Waals surface area contributed by atoms with Crippen LogP contribution in [0.15, 0.2) is 6.07 Å². The average Bonchev–Trinajstić information content (AvgIpc) is 2.19. The maximum absolute atomic E-state index is 9.16. The first-order valence-corrected chi connectivity index (χ1v) is 5.17. The summed E-state index contributed by atoms with van der Waals surface area (Å²) < 4.78 is 0. The van der Waals surface area contributed by atoms with Gasteiger partial charge in [0.05, 0.1) is 0 Å². The second-order valence-corrected chi connectivity index (χ2v) is 4.24. The highest BCUT2D eigenvalue weighted by Crippen LogP contribution is 2.26. The normalized spacial score (nSPS) is 13.0. The number of aliphatic hydroxyl groups is 1. The molecule has 0 bridgehead atoms. The summed E-state index contributed by atoms with van der Waals surface area (Å²) in [5.41, 5.74) is 6.67. The molecule has 0 saturated carbocycles. The van der Waals surface area contributed by atoms with Gasteiger partial charge in [-0.2, -0.15) is 0 Å². The van der Waals surface area contributed by atoms with Gasteiger partial charge in [-0.15, -0.1) is 0 Å². The molecular formula is C13H20O. The SMILES string of the molecule is Cc1cc(C(C)CO)c(C)c(C)c1C. The molecular weight excluding hydrogens is 172 g/mol. The molecule has 0 aliphatic rings. The molecule has 0 fully saturated rings. The minimum atomic E-state index is 0.225. The van der Waals surface area contributed by atoms with E-state index >= 15 is 0 Å². The lowest BCUT2D eigenvalue weighted by atomic mass is 9.89. The summed E-state index contributed by atoms with van der Waals surface area (Å²) in [5, 5.41) is 9.16.